The summed E-state index contributed by atoms with van der Waals surface area (Å²) in [4.78, 5) is 26.9. The molecule has 0 saturated carbocycles. The van der Waals surface area contributed by atoms with E-state index in [9.17, 15) is 9.59 Å². The van der Waals surface area contributed by atoms with E-state index in [0.29, 0.717) is 19.5 Å². The lowest BCUT2D eigenvalue weighted by molar-refractivity contribution is -0.133. The summed E-state index contributed by atoms with van der Waals surface area (Å²) in [6.07, 6.45) is 2.03. The fourth-order valence-corrected chi connectivity index (χ4v) is 3.45. The summed E-state index contributed by atoms with van der Waals surface area (Å²) >= 11 is 3.46. The number of hydrogen-bond donors (Lipinski definition) is 2. The standard InChI is InChI=1S/C17H24BrN3O2/c1-3-17(4-2,11-19)20-15(22)12-9-10-21(16(12)23)14-8-6-5-7-13(14)18/h5-8,12H,3-4,9-11,19H2,1-2H3,(H,20,22). The quantitative estimate of drug-likeness (QED) is 0.742. The number of carbonyl (C=O) groups is 2. The van der Waals surface area contributed by atoms with Crippen LogP contribution in [-0.2, 0) is 9.59 Å². The van der Waals surface area contributed by atoms with Crippen molar-refractivity contribution in [2.75, 3.05) is 18.0 Å². The zero-order valence-electron chi connectivity index (χ0n) is 13.6. The van der Waals surface area contributed by atoms with Crippen LogP contribution in [0.1, 0.15) is 33.1 Å². The van der Waals surface area contributed by atoms with Crippen LogP contribution in [-0.4, -0.2) is 30.4 Å². The highest BCUT2D eigenvalue weighted by molar-refractivity contribution is 9.10. The van der Waals surface area contributed by atoms with E-state index in [1.165, 1.54) is 0 Å². The molecule has 1 heterocycles. The van der Waals surface area contributed by atoms with Gasteiger partial charge in [0, 0.05) is 17.6 Å². The van der Waals surface area contributed by atoms with E-state index >= 15 is 0 Å². The molecule has 1 saturated heterocycles. The molecule has 1 unspecified atom stereocenters. The molecular weight excluding hydrogens is 358 g/mol. The van der Waals surface area contributed by atoms with Crippen molar-refractivity contribution < 1.29 is 9.59 Å². The maximum Gasteiger partial charge on any atom is 0.239 e. The van der Waals surface area contributed by atoms with Gasteiger partial charge in [0.2, 0.25) is 11.8 Å². The van der Waals surface area contributed by atoms with E-state index in [-0.39, 0.29) is 11.8 Å². The van der Waals surface area contributed by atoms with Gasteiger partial charge in [0.25, 0.3) is 0 Å². The van der Waals surface area contributed by atoms with E-state index < -0.39 is 11.5 Å². The molecule has 126 valence electrons. The lowest BCUT2D eigenvalue weighted by Gasteiger charge is -2.32. The molecule has 5 nitrogen and oxygen atoms in total. The average Bonchev–Trinajstić information content (AvgIpc) is 2.95. The second kappa shape index (κ2) is 7.45. The second-order valence-corrected chi connectivity index (χ2v) is 6.82. The molecular formula is C17H24BrN3O2. The van der Waals surface area contributed by atoms with Crippen LogP contribution in [0.25, 0.3) is 0 Å². The highest BCUT2D eigenvalue weighted by Crippen LogP contribution is 2.31. The van der Waals surface area contributed by atoms with E-state index in [0.717, 1.165) is 23.0 Å². The molecule has 0 radical (unpaired) electrons. The number of nitrogens with one attached hydrogen (secondary N) is 1. The Morgan fingerprint density at radius 3 is 2.61 bits per heavy atom. The molecule has 0 aliphatic carbocycles. The summed E-state index contributed by atoms with van der Waals surface area (Å²) in [6, 6.07) is 7.55. The van der Waals surface area contributed by atoms with Crippen LogP contribution in [0.4, 0.5) is 5.69 Å². The first-order valence-corrected chi connectivity index (χ1v) is 8.85. The zero-order valence-corrected chi connectivity index (χ0v) is 15.2. The van der Waals surface area contributed by atoms with Gasteiger partial charge in [0.05, 0.1) is 11.2 Å². The number of anilines is 1. The second-order valence-electron chi connectivity index (χ2n) is 5.96. The molecule has 2 rings (SSSR count). The third-order valence-corrected chi connectivity index (χ3v) is 5.47. The van der Waals surface area contributed by atoms with Gasteiger partial charge in [0.1, 0.15) is 5.92 Å². The molecule has 23 heavy (non-hydrogen) atoms. The molecule has 0 spiro atoms. The Kier molecular flexibility index (Phi) is 5.81. The molecule has 1 aromatic carbocycles. The summed E-state index contributed by atoms with van der Waals surface area (Å²) in [6.45, 7) is 4.93. The van der Waals surface area contributed by atoms with Gasteiger partial charge < -0.3 is 16.0 Å². The molecule has 1 aliphatic heterocycles. The van der Waals surface area contributed by atoms with Gasteiger partial charge in [0.15, 0.2) is 0 Å². The van der Waals surface area contributed by atoms with Gasteiger partial charge in [-0.15, -0.1) is 0 Å². The number of rotatable bonds is 6. The van der Waals surface area contributed by atoms with Gasteiger partial charge in [-0.1, -0.05) is 26.0 Å². The minimum atomic E-state index is -0.633. The van der Waals surface area contributed by atoms with Crippen molar-refractivity contribution in [1.29, 1.82) is 0 Å². The van der Waals surface area contributed by atoms with E-state index in [4.69, 9.17) is 5.73 Å². The predicted octanol–water partition coefficient (Wildman–Crippen LogP) is 2.44. The fraction of sp³-hybridized carbons (Fsp3) is 0.529. The van der Waals surface area contributed by atoms with Crippen LogP contribution < -0.4 is 16.0 Å². The Morgan fingerprint density at radius 1 is 1.39 bits per heavy atom. The molecule has 1 aliphatic rings. The SMILES string of the molecule is CCC(CC)(CN)NC(=O)C1CCN(c2ccccc2Br)C1=O. The Balaban J connectivity index is 2.13. The topological polar surface area (TPSA) is 75.4 Å². The van der Waals surface area contributed by atoms with Crippen LogP contribution in [0.3, 0.4) is 0 Å². The predicted molar refractivity (Wildman–Crippen MR) is 95.1 cm³/mol. The van der Waals surface area contributed by atoms with Crippen molar-refractivity contribution in [3.05, 3.63) is 28.7 Å². The zero-order chi connectivity index (χ0) is 17.0. The smallest absolute Gasteiger partial charge is 0.239 e. The minimum absolute atomic E-state index is 0.146. The number of amides is 2. The molecule has 2 amide bonds. The molecule has 1 atom stereocenters. The third-order valence-electron chi connectivity index (χ3n) is 4.80. The van der Waals surface area contributed by atoms with Gasteiger partial charge in [-0.2, -0.15) is 0 Å². The van der Waals surface area contributed by atoms with Crippen molar-refractivity contribution in [3.63, 3.8) is 0 Å². The molecule has 6 heteroatoms. The van der Waals surface area contributed by atoms with Crippen LogP contribution in [0, 0.1) is 5.92 Å². The Hall–Kier alpha value is -1.40. The molecule has 1 fully saturated rings. The molecule has 0 bridgehead atoms. The van der Waals surface area contributed by atoms with Gasteiger partial charge in [-0.05, 0) is 47.3 Å². The average molecular weight is 382 g/mol. The summed E-state index contributed by atoms with van der Waals surface area (Å²) in [7, 11) is 0. The third kappa shape index (κ3) is 3.58. The largest absolute Gasteiger partial charge is 0.349 e. The number of carbonyl (C=O) groups excluding carboxylic acids is 2. The highest BCUT2D eigenvalue weighted by atomic mass is 79.9. The molecule has 3 N–H and O–H groups in total. The number of hydrogen-bond acceptors (Lipinski definition) is 3. The van der Waals surface area contributed by atoms with Gasteiger partial charge in [-0.25, -0.2) is 0 Å². The van der Waals surface area contributed by atoms with Crippen molar-refractivity contribution in [3.8, 4) is 0 Å². The Bertz CT molecular complexity index is 579. The van der Waals surface area contributed by atoms with Crippen molar-refractivity contribution >= 4 is 33.4 Å². The summed E-state index contributed by atoms with van der Waals surface area (Å²) in [5.41, 5.74) is 6.22. The Labute approximate surface area is 145 Å². The minimum Gasteiger partial charge on any atom is -0.349 e. The van der Waals surface area contributed by atoms with Crippen LogP contribution >= 0.6 is 15.9 Å². The van der Waals surface area contributed by atoms with E-state index in [2.05, 4.69) is 21.2 Å². The van der Waals surface area contributed by atoms with Crippen LogP contribution in [0.5, 0.6) is 0 Å². The van der Waals surface area contributed by atoms with Gasteiger partial charge in [-0.3, -0.25) is 9.59 Å². The fourth-order valence-electron chi connectivity index (χ4n) is 2.95. The normalized spacial score (nSPS) is 18.3. The number of para-hydroxylation sites is 1. The first-order valence-electron chi connectivity index (χ1n) is 8.06. The lowest BCUT2D eigenvalue weighted by atomic mass is 9.91. The first kappa shape index (κ1) is 17.9. The number of nitrogens with zero attached hydrogens (tertiary/aromatic N) is 1. The van der Waals surface area contributed by atoms with Crippen molar-refractivity contribution in [2.24, 2.45) is 11.7 Å². The first-order chi connectivity index (χ1) is 11.0. The number of halogens is 1. The maximum atomic E-state index is 12.7. The monoisotopic (exact) mass is 381 g/mol. The number of benzene rings is 1. The molecule has 0 aromatic heterocycles. The summed E-state index contributed by atoms with van der Waals surface area (Å²) in [5, 5.41) is 3.02. The summed E-state index contributed by atoms with van der Waals surface area (Å²) in [5.74, 6) is -0.989. The van der Waals surface area contributed by atoms with Crippen LogP contribution in [0.2, 0.25) is 0 Å². The van der Waals surface area contributed by atoms with Gasteiger partial charge >= 0.3 is 0 Å². The van der Waals surface area contributed by atoms with E-state index in [1.807, 2.05) is 38.1 Å². The molecule has 1 aromatic rings. The Morgan fingerprint density at radius 2 is 2.04 bits per heavy atom. The number of nitrogens with two attached hydrogens (primary N) is 1. The summed E-state index contributed by atoms with van der Waals surface area (Å²) < 4.78 is 0.854. The maximum absolute atomic E-state index is 12.7. The van der Waals surface area contributed by atoms with Crippen LogP contribution in [0.15, 0.2) is 28.7 Å². The lowest BCUT2D eigenvalue weighted by Crippen LogP contribution is -2.55. The van der Waals surface area contributed by atoms with Crippen molar-refractivity contribution in [2.45, 2.75) is 38.6 Å². The van der Waals surface area contributed by atoms with Crippen molar-refractivity contribution in [1.82, 2.24) is 5.32 Å². The van der Waals surface area contributed by atoms with E-state index in [1.54, 1.807) is 4.90 Å². The highest BCUT2D eigenvalue weighted by Gasteiger charge is 2.40.